The smallest absolute Gasteiger partial charge is 0.382 e. The molecule has 0 N–H and O–H groups in total. The van der Waals surface area contributed by atoms with Gasteiger partial charge in [0.25, 0.3) is 11.8 Å². The van der Waals surface area contributed by atoms with Gasteiger partial charge in [0, 0.05) is 5.56 Å². The second-order valence-corrected chi connectivity index (χ2v) is 8.64. The average molecular weight is 499 g/mol. The first-order valence-corrected chi connectivity index (χ1v) is 10.6. The number of rotatable bonds is 4. The van der Waals surface area contributed by atoms with Crippen molar-refractivity contribution in [3.8, 4) is 5.75 Å². The minimum absolute atomic E-state index is 0.167. The largest absolute Gasteiger partial charge is 0.435 e. The lowest BCUT2D eigenvalue weighted by Crippen LogP contribution is -2.50. The van der Waals surface area contributed by atoms with Gasteiger partial charge in [-0.1, -0.05) is 18.2 Å². The maximum Gasteiger partial charge on any atom is 0.435 e. The van der Waals surface area contributed by atoms with Gasteiger partial charge in [-0.15, -0.1) is 0 Å². The molecule has 2 aromatic rings. The molecule has 0 aromatic heterocycles. The van der Waals surface area contributed by atoms with Crippen LogP contribution in [0.3, 0.4) is 0 Å². The zero-order valence-corrected chi connectivity index (χ0v) is 17.3. The van der Waals surface area contributed by atoms with Gasteiger partial charge in [0.2, 0.25) is 0 Å². The van der Waals surface area contributed by atoms with Gasteiger partial charge in [0.05, 0.1) is 23.1 Å². The first-order valence-electron chi connectivity index (χ1n) is 8.75. The van der Waals surface area contributed by atoms with Crippen LogP contribution in [0.4, 0.5) is 36.4 Å². The fourth-order valence-corrected chi connectivity index (χ4v) is 3.78. The molecule has 1 heterocycles. The third-order valence-electron chi connectivity index (χ3n) is 4.73. The number of aryl methyl sites for hydroxylation is 1. The van der Waals surface area contributed by atoms with E-state index in [2.05, 4.69) is 4.18 Å². The summed E-state index contributed by atoms with van der Waals surface area (Å²) in [5.41, 5.74) is -9.15. The molecule has 2 aromatic carbocycles. The molecule has 0 saturated heterocycles. The molecular formula is C19H12F7NO5S. The lowest BCUT2D eigenvalue weighted by Gasteiger charge is -2.31. The van der Waals surface area contributed by atoms with Gasteiger partial charge in [-0.25, -0.2) is 9.29 Å². The van der Waals surface area contributed by atoms with Crippen molar-refractivity contribution in [3.63, 3.8) is 0 Å². The Kier molecular flexibility index (Phi) is 5.51. The Bertz CT molecular complexity index is 1250. The zero-order valence-electron chi connectivity index (χ0n) is 16.5. The lowest BCUT2D eigenvalue weighted by molar-refractivity contribution is -0.348. The number of imide groups is 1. The Morgan fingerprint density at radius 1 is 0.879 bits per heavy atom. The van der Waals surface area contributed by atoms with Crippen molar-refractivity contribution < 1.29 is 52.9 Å². The summed E-state index contributed by atoms with van der Waals surface area (Å²) >= 11 is 0. The third kappa shape index (κ3) is 3.92. The Morgan fingerprint density at radius 2 is 1.45 bits per heavy atom. The zero-order chi connectivity index (χ0) is 25.1. The van der Waals surface area contributed by atoms with E-state index in [1.54, 1.807) is 0 Å². The van der Waals surface area contributed by atoms with Crippen LogP contribution in [0.5, 0.6) is 5.75 Å². The number of hydrogen-bond acceptors (Lipinski definition) is 5. The summed E-state index contributed by atoms with van der Waals surface area (Å²) in [6.45, 7) is 0.976. The number of fused-ring (bicyclic) bond motifs is 1. The fraction of sp³-hybridized carbons (Fsp3) is 0.263. The van der Waals surface area contributed by atoms with Crippen molar-refractivity contribution in [2.75, 3.05) is 11.2 Å². The van der Waals surface area contributed by atoms with E-state index in [1.807, 2.05) is 0 Å². The molecule has 6 nitrogen and oxygen atoms in total. The van der Waals surface area contributed by atoms with Crippen LogP contribution in [0.2, 0.25) is 0 Å². The molecule has 0 fully saturated rings. The van der Waals surface area contributed by atoms with Crippen molar-refractivity contribution in [1.29, 1.82) is 0 Å². The van der Waals surface area contributed by atoms with E-state index in [0.29, 0.717) is 17.2 Å². The Labute approximate surface area is 181 Å². The molecule has 0 spiro atoms. The third-order valence-corrected chi connectivity index (χ3v) is 5.22. The van der Waals surface area contributed by atoms with Gasteiger partial charge in [0.1, 0.15) is 0 Å². The molecule has 2 amide bonds. The van der Waals surface area contributed by atoms with E-state index in [0.717, 1.165) is 19.1 Å². The minimum atomic E-state index is -6.34. The van der Waals surface area contributed by atoms with E-state index >= 15 is 0 Å². The highest BCUT2D eigenvalue weighted by Crippen LogP contribution is 2.53. The second kappa shape index (κ2) is 7.43. The normalized spacial score (nSPS) is 15.1. The van der Waals surface area contributed by atoms with Crippen LogP contribution in [-0.4, -0.2) is 38.8 Å². The summed E-state index contributed by atoms with van der Waals surface area (Å²) in [5.74, 6) is -2.67. The SMILES string of the molecule is Cc1cc(C(F)(C(F)(F)F)C(F)(F)F)ccc1N1C(=O)c2cccc(OS(C)(=O)=O)c2C1=O. The highest BCUT2D eigenvalue weighted by atomic mass is 32.2. The Hall–Kier alpha value is -3.16. The van der Waals surface area contributed by atoms with Crippen LogP contribution in [0.15, 0.2) is 36.4 Å². The average Bonchev–Trinajstić information content (AvgIpc) is 2.89. The quantitative estimate of drug-likeness (QED) is 0.354. The van der Waals surface area contributed by atoms with Crippen molar-refractivity contribution in [2.45, 2.75) is 24.9 Å². The second-order valence-electron chi connectivity index (χ2n) is 7.07. The van der Waals surface area contributed by atoms with Crippen molar-refractivity contribution in [1.82, 2.24) is 0 Å². The molecule has 0 saturated carbocycles. The molecule has 178 valence electrons. The van der Waals surface area contributed by atoms with E-state index < -0.39 is 68.1 Å². The molecule has 0 bridgehead atoms. The molecule has 0 aliphatic carbocycles. The number of halogens is 7. The standard InChI is InChI=1S/C19H12F7NO5S/c1-9-8-10(17(20,18(21,22)23)19(24,25)26)6-7-12(9)27-15(28)11-4-3-5-13(14(11)16(27)29)32-33(2,30)31/h3-8H,1-2H3. The number of carbonyl (C=O) groups excluding carboxylic acids is 2. The van der Waals surface area contributed by atoms with E-state index in [1.165, 1.54) is 6.07 Å². The lowest BCUT2D eigenvalue weighted by atomic mass is 9.92. The number of anilines is 1. The van der Waals surface area contributed by atoms with Gasteiger partial charge in [-0.3, -0.25) is 9.59 Å². The predicted octanol–water partition coefficient (Wildman–Crippen LogP) is 4.42. The van der Waals surface area contributed by atoms with Gasteiger partial charge >= 0.3 is 28.1 Å². The van der Waals surface area contributed by atoms with Gasteiger partial charge < -0.3 is 4.18 Å². The van der Waals surface area contributed by atoms with Crippen molar-refractivity contribution in [2.24, 2.45) is 0 Å². The summed E-state index contributed by atoms with van der Waals surface area (Å²) in [6, 6.07) is 4.39. The highest BCUT2D eigenvalue weighted by molar-refractivity contribution is 7.86. The van der Waals surface area contributed by atoms with Crippen LogP contribution in [0.25, 0.3) is 0 Å². The van der Waals surface area contributed by atoms with Crippen LogP contribution >= 0.6 is 0 Å². The molecule has 1 aliphatic heterocycles. The summed E-state index contributed by atoms with van der Waals surface area (Å²) in [6.07, 6.45) is -12.0. The van der Waals surface area contributed by atoms with Crippen molar-refractivity contribution >= 4 is 27.6 Å². The van der Waals surface area contributed by atoms with E-state index in [9.17, 15) is 48.7 Å². The Balaban J connectivity index is 2.11. The monoisotopic (exact) mass is 499 g/mol. The highest BCUT2D eigenvalue weighted by Gasteiger charge is 2.73. The summed E-state index contributed by atoms with van der Waals surface area (Å²) in [7, 11) is -4.12. The van der Waals surface area contributed by atoms with Crippen molar-refractivity contribution in [3.05, 3.63) is 58.7 Å². The number of carbonyl (C=O) groups is 2. The van der Waals surface area contributed by atoms with Gasteiger partial charge in [-0.05, 0) is 30.7 Å². The van der Waals surface area contributed by atoms with Gasteiger partial charge in [-0.2, -0.15) is 34.8 Å². The molecule has 33 heavy (non-hydrogen) atoms. The fourth-order valence-electron chi connectivity index (χ4n) is 3.31. The minimum Gasteiger partial charge on any atom is -0.382 e. The molecule has 0 radical (unpaired) electrons. The van der Waals surface area contributed by atoms with Gasteiger partial charge in [0.15, 0.2) is 5.75 Å². The Morgan fingerprint density at radius 3 is 1.94 bits per heavy atom. The van der Waals surface area contributed by atoms with Crippen LogP contribution in [-0.2, 0) is 15.8 Å². The summed E-state index contributed by atoms with van der Waals surface area (Å²) < 4.78 is 120. The first kappa shape index (κ1) is 24.5. The predicted molar refractivity (Wildman–Crippen MR) is 99.1 cm³/mol. The maximum absolute atomic E-state index is 14.3. The number of nitrogens with zero attached hydrogens (tertiary/aromatic N) is 1. The maximum atomic E-state index is 14.3. The molecule has 1 aliphatic rings. The summed E-state index contributed by atoms with van der Waals surface area (Å²) in [4.78, 5) is 26.0. The van der Waals surface area contributed by atoms with Crippen LogP contribution < -0.4 is 9.08 Å². The van der Waals surface area contributed by atoms with Crippen LogP contribution in [0.1, 0.15) is 31.8 Å². The number of alkyl halides is 7. The molecule has 14 heteroatoms. The van der Waals surface area contributed by atoms with E-state index in [4.69, 9.17) is 0 Å². The topological polar surface area (TPSA) is 80.8 Å². The molecular weight excluding hydrogens is 487 g/mol. The van der Waals surface area contributed by atoms with E-state index in [-0.39, 0.29) is 17.7 Å². The number of hydrogen-bond donors (Lipinski definition) is 0. The molecule has 3 rings (SSSR count). The number of benzene rings is 2. The first-order chi connectivity index (χ1) is 14.9. The summed E-state index contributed by atoms with van der Waals surface area (Å²) in [5, 5.41) is 0. The molecule has 0 atom stereocenters. The molecule has 0 unspecified atom stereocenters. The van der Waals surface area contributed by atoms with Crippen LogP contribution in [0, 0.1) is 6.92 Å². The number of amides is 2.